The van der Waals surface area contributed by atoms with E-state index in [-0.39, 0.29) is 5.54 Å². The van der Waals surface area contributed by atoms with Crippen LogP contribution in [-0.4, -0.2) is 28.6 Å². The summed E-state index contributed by atoms with van der Waals surface area (Å²) in [7, 11) is 0. The van der Waals surface area contributed by atoms with Gasteiger partial charge in [0.15, 0.2) is 0 Å². The van der Waals surface area contributed by atoms with Gasteiger partial charge in [0.25, 0.3) is 0 Å². The van der Waals surface area contributed by atoms with Crippen LogP contribution in [0, 0.1) is 0 Å². The Morgan fingerprint density at radius 2 is 1.74 bits per heavy atom. The van der Waals surface area contributed by atoms with Gasteiger partial charge in [-0.25, -0.2) is 0 Å². The molecule has 0 aliphatic rings. The minimum absolute atomic E-state index is 0.214. The van der Waals surface area contributed by atoms with Gasteiger partial charge in [0.1, 0.15) is 0 Å². The molecule has 0 saturated heterocycles. The molecule has 0 bridgehead atoms. The molecule has 1 aromatic rings. The van der Waals surface area contributed by atoms with Gasteiger partial charge in [-0.05, 0) is 43.6 Å². The number of hydrogen-bond acceptors (Lipinski definition) is 2. The highest BCUT2D eigenvalue weighted by Crippen LogP contribution is 2.37. The Kier molecular flexibility index (Phi) is 6.31. The molecule has 0 heterocycles. The van der Waals surface area contributed by atoms with Crippen molar-refractivity contribution in [3.8, 4) is 0 Å². The third-order valence-corrected chi connectivity index (χ3v) is 4.53. The SMILES string of the molecule is CCN(CC)C(CC)(CC)C(O)c1cccc(Cl)c1. The number of halogens is 1. The van der Waals surface area contributed by atoms with Gasteiger partial charge in [-0.3, -0.25) is 4.90 Å². The van der Waals surface area contributed by atoms with E-state index in [1.807, 2.05) is 24.3 Å². The second kappa shape index (κ2) is 7.28. The van der Waals surface area contributed by atoms with E-state index in [2.05, 4.69) is 32.6 Å². The summed E-state index contributed by atoms with van der Waals surface area (Å²) < 4.78 is 0. The van der Waals surface area contributed by atoms with Crippen LogP contribution in [0.5, 0.6) is 0 Å². The van der Waals surface area contributed by atoms with Crippen LogP contribution in [0.1, 0.15) is 52.2 Å². The monoisotopic (exact) mass is 283 g/mol. The smallest absolute Gasteiger partial charge is 0.0973 e. The summed E-state index contributed by atoms with van der Waals surface area (Å²) in [5.74, 6) is 0. The molecule has 2 nitrogen and oxygen atoms in total. The second-order valence-electron chi connectivity index (χ2n) is 4.94. The largest absolute Gasteiger partial charge is 0.386 e. The van der Waals surface area contributed by atoms with Crippen LogP contribution in [0.2, 0.25) is 5.02 Å². The first kappa shape index (κ1) is 16.5. The summed E-state index contributed by atoms with van der Waals surface area (Å²) >= 11 is 6.05. The van der Waals surface area contributed by atoms with Gasteiger partial charge in [-0.2, -0.15) is 0 Å². The van der Waals surface area contributed by atoms with Gasteiger partial charge in [0.05, 0.1) is 11.6 Å². The fraction of sp³-hybridized carbons (Fsp3) is 0.625. The number of rotatable bonds is 7. The molecular formula is C16H26ClNO. The van der Waals surface area contributed by atoms with Gasteiger partial charge in [-0.1, -0.05) is 51.4 Å². The summed E-state index contributed by atoms with van der Waals surface area (Å²) in [4.78, 5) is 2.36. The molecule has 0 saturated carbocycles. The Hall–Kier alpha value is -0.570. The maximum Gasteiger partial charge on any atom is 0.0973 e. The van der Waals surface area contributed by atoms with Crippen molar-refractivity contribution in [2.75, 3.05) is 13.1 Å². The maximum atomic E-state index is 10.9. The average molecular weight is 284 g/mol. The van der Waals surface area contributed by atoms with E-state index in [1.54, 1.807) is 0 Å². The first-order valence-electron chi connectivity index (χ1n) is 7.24. The van der Waals surface area contributed by atoms with E-state index in [0.717, 1.165) is 31.5 Å². The summed E-state index contributed by atoms with van der Waals surface area (Å²) in [6, 6.07) is 7.57. The first-order valence-corrected chi connectivity index (χ1v) is 7.62. The number of benzene rings is 1. The highest BCUT2D eigenvalue weighted by molar-refractivity contribution is 6.30. The topological polar surface area (TPSA) is 23.5 Å². The molecular weight excluding hydrogens is 258 g/mol. The fourth-order valence-electron chi connectivity index (χ4n) is 3.10. The van der Waals surface area contributed by atoms with Crippen LogP contribution in [0.25, 0.3) is 0 Å². The highest BCUT2D eigenvalue weighted by Gasteiger charge is 2.39. The molecule has 1 unspecified atom stereocenters. The third kappa shape index (κ3) is 3.31. The first-order chi connectivity index (χ1) is 9.05. The molecule has 1 aromatic carbocycles. The molecule has 0 fully saturated rings. The highest BCUT2D eigenvalue weighted by atomic mass is 35.5. The van der Waals surface area contributed by atoms with Crippen LogP contribution >= 0.6 is 11.6 Å². The molecule has 0 radical (unpaired) electrons. The maximum absolute atomic E-state index is 10.9. The van der Waals surface area contributed by atoms with Gasteiger partial charge in [0, 0.05) is 5.02 Å². The van der Waals surface area contributed by atoms with Gasteiger partial charge in [-0.15, -0.1) is 0 Å². The Morgan fingerprint density at radius 3 is 2.16 bits per heavy atom. The Morgan fingerprint density at radius 1 is 1.16 bits per heavy atom. The lowest BCUT2D eigenvalue weighted by atomic mass is 9.81. The van der Waals surface area contributed by atoms with Crippen LogP contribution in [0.4, 0.5) is 0 Å². The molecule has 108 valence electrons. The van der Waals surface area contributed by atoms with E-state index in [0.29, 0.717) is 5.02 Å². The number of nitrogens with zero attached hydrogens (tertiary/aromatic N) is 1. The minimum Gasteiger partial charge on any atom is -0.386 e. The number of likely N-dealkylation sites (N-methyl/N-ethyl adjacent to an activating group) is 1. The number of hydrogen-bond donors (Lipinski definition) is 1. The predicted molar refractivity (Wildman–Crippen MR) is 82.6 cm³/mol. The normalized spacial score (nSPS) is 13.8. The Bertz CT molecular complexity index is 386. The second-order valence-corrected chi connectivity index (χ2v) is 5.38. The molecule has 1 atom stereocenters. The van der Waals surface area contributed by atoms with Crippen molar-refractivity contribution in [1.29, 1.82) is 0 Å². The molecule has 0 aliphatic heterocycles. The van der Waals surface area contributed by atoms with Crippen molar-refractivity contribution in [2.24, 2.45) is 0 Å². The number of aliphatic hydroxyl groups is 1. The molecule has 0 aliphatic carbocycles. The molecule has 0 spiro atoms. The summed E-state index contributed by atoms with van der Waals surface area (Å²) in [6.45, 7) is 10.5. The molecule has 0 amide bonds. The van der Waals surface area contributed by atoms with Crippen LogP contribution in [-0.2, 0) is 0 Å². The average Bonchev–Trinajstić information content (AvgIpc) is 2.44. The standard InChI is InChI=1S/C16H26ClNO/c1-5-16(6-2,18(7-3)8-4)15(19)13-10-9-11-14(17)12-13/h9-12,15,19H,5-8H2,1-4H3. The lowest BCUT2D eigenvalue weighted by molar-refractivity contribution is -0.0366. The van der Waals surface area contributed by atoms with E-state index >= 15 is 0 Å². The van der Waals surface area contributed by atoms with E-state index in [9.17, 15) is 5.11 Å². The lowest BCUT2D eigenvalue weighted by Crippen LogP contribution is -2.52. The van der Waals surface area contributed by atoms with Crippen molar-refractivity contribution in [2.45, 2.75) is 52.2 Å². The van der Waals surface area contributed by atoms with Crippen LogP contribution < -0.4 is 0 Å². The summed E-state index contributed by atoms with van der Waals surface area (Å²) in [6.07, 6.45) is 1.32. The van der Waals surface area contributed by atoms with Crippen molar-refractivity contribution >= 4 is 11.6 Å². The van der Waals surface area contributed by atoms with Crippen molar-refractivity contribution < 1.29 is 5.11 Å². The molecule has 3 heteroatoms. The fourth-order valence-corrected chi connectivity index (χ4v) is 3.30. The zero-order valence-corrected chi connectivity index (χ0v) is 13.2. The number of aliphatic hydroxyl groups excluding tert-OH is 1. The van der Waals surface area contributed by atoms with E-state index < -0.39 is 6.10 Å². The zero-order valence-electron chi connectivity index (χ0n) is 12.5. The lowest BCUT2D eigenvalue weighted by Gasteiger charge is -2.46. The van der Waals surface area contributed by atoms with Gasteiger partial charge >= 0.3 is 0 Å². The van der Waals surface area contributed by atoms with Crippen molar-refractivity contribution in [3.63, 3.8) is 0 Å². The van der Waals surface area contributed by atoms with Crippen molar-refractivity contribution in [3.05, 3.63) is 34.9 Å². The van der Waals surface area contributed by atoms with Crippen LogP contribution in [0.15, 0.2) is 24.3 Å². The molecule has 0 aromatic heterocycles. The minimum atomic E-state index is -0.513. The summed E-state index contributed by atoms with van der Waals surface area (Å²) in [5, 5.41) is 11.6. The van der Waals surface area contributed by atoms with E-state index in [4.69, 9.17) is 11.6 Å². The zero-order chi connectivity index (χ0) is 14.5. The third-order valence-electron chi connectivity index (χ3n) is 4.29. The van der Waals surface area contributed by atoms with E-state index in [1.165, 1.54) is 0 Å². The molecule has 19 heavy (non-hydrogen) atoms. The summed E-state index contributed by atoms with van der Waals surface area (Å²) in [5.41, 5.74) is 0.692. The quantitative estimate of drug-likeness (QED) is 0.808. The van der Waals surface area contributed by atoms with Gasteiger partial charge < -0.3 is 5.11 Å². The molecule has 1 N–H and O–H groups in total. The van der Waals surface area contributed by atoms with Crippen molar-refractivity contribution in [1.82, 2.24) is 4.90 Å². The molecule has 1 rings (SSSR count). The predicted octanol–water partition coefficient (Wildman–Crippen LogP) is 4.27. The van der Waals surface area contributed by atoms with Crippen LogP contribution in [0.3, 0.4) is 0 Å². The Balaban J connectivity index is 3.17. The van der Waals surface area contributed by atoms with Gasteiger partial charge in [0.2, 0.25) is 0 Å². The Labute approximate surface area is 122 Å².